The largest absolute Gasteiger partial charge is 0.384 e. The molecule has 0 heterocycles. The van der Waals surface area contributed by atoms with Gasteiger partial charge in [-0.1, -0.05) is 24.3 Å². The van der Waals surface area contributed by atoms with Crippen molar-refractivity contribution in [3.63, 3.8) is 0 Å². The van der Waals surface area contributed by atoms with Gasteiger partial charge in [0, 0.05) is 14.2 Å². The molecule has 1 aromatic rings. The van der Waals surface area contributed by atoms with E-state index in [1.165, 1.54) is 0 Å². The zero-order valence-corrected chi connectivity index (χ0v) is 9.56. The molecule has 1 aromatic carbocycles. The van der Waals surface area contributed by atoms with Gasteiger partial charge in [0.25, 0.3) is 0 Å². The first-order valence-electron chi connectivity index (χ1n) is 5.26. The maximum atomic E-state index is 10.2. The van der Waals surface area contributed by atoms with Gasteiger partial charge in [-0.3, -0.25) is 0 Å². The lowest BCUT2D eigenvalue weighted by atomic mass is 10.1. The van der Waals surface area contributed by atoms with Crippen molar-refractivity contribution in [3.05, 3.63) is 41.0 Å². The van der Waals surface area contributed by atoms with E-state index < -0.39 is 6.10 Å². The second kappa shape index (κ2) is 4.78. The zero-order valence-electron chi connectivity index (χ0n) is 9.56. The van der Waals surface area contributed by atoms with Crippen LogP contribution in [-0.4, -0.2) is 32.5 Å². The Morgan fingerprint density at radius 3 is 2.50 bits per heavy atom. The maximum Gasteiger partial charge on any atom is 0.104 e. The molecule has 1 atom stereocenters. The predicted molar refractivity (Wildman–Crippen MR) is 62.1 cm³/mol. The van der Waals surface area contributed by atoms with Crippen molar-refractivity contribution in [2.45, 2.75) is 6.10 Å². The monoisotopic (exact) mass is 220 g/mol. The van der Waals surface area contributed by atoms with Gasteiger partial charge in [-0.15, -0.1) is 0 Å². The third kappa shape index (κ3) is 1.78. The summed E-state index contributed by atoms with van der Waals surface area (Å²) in [6, 6.07) is 7.85. The number of aliphatic hydroxyl groups is 1. The van der Waals surface area contributed by atoms with Crippen molar-refractivity contribution >= 4 is 5.57 Å². The Balaban J connectivity index is 2.44. The summed E-state index contributed by atoms with van der Waals surface area (Å²) in [6.45, 7) is 0.946. The molecule has 0 spiro atoms. The van der Waals surface area contributed by atoms with Gasteiger partial charge in [0.2, 0.25) is 0 Å². The molecule has 1 aliphatic carbocycles. The standard InChI is InChI=1S/C13H16O3/c1-15-7-11-9-5-3-4-6-10(9)13(14)12(11)8-16-2/h3-6,13-14H,7-8H2,1-2H3. The highest BCUT2D eigenvalue weighted by molar-refractivity contribution is 5.78. The van der Waals surface area contributed by atoms with Gasteiger partial charge in [-0.25, -0.2) is 0 Å². The molecule has 0 fully saturated rings. The van der Waals surface area contributed by atoms with Crippen LogP contribution in [0.4, 0.5) is 0 Å². The molecule has 0 radical (unpaired) electrons. The SMILES string of the molecule is COCC1=C(COC)C(O)c2ccccc21. The summed E-state index contributed by atoms with van der Waals surface area (Å²) in [4.78, 5) is 0. The summed E-state index contributed by atoms with van der Waals surface area (Å²) in [5.74, 6) is 0. The molecule has 0 amide bonds. The number of benzene rings is 1. The van der Waals surface area contributed by atoms with Crippen LogP contribution in [0.25, 0.3) is 5.57 Å². The number of fused-ring (bicyclic) bond motifs is 1. The third-order valence-electron chi connectivity index (χ3n) is 2.89. The van der Waals surface area contributed by atoms with Crippen LogP contribution in [0, 0.1) is 0 Å². The van der Waals surface area contributed by atoms with Crippen LogP contribution in [0.1, 0.15) is 17.2 Å². The lowest BCUT2D eigenvalue weighted by molar-refractivity contribution is 0.167. The molecule has 0 saturated heterocycles. The zero-order chi connectivity index (χ0) is 11.5. The van der Waals surface area contributed by atoms with Crippen LogP contribution in [0.15, 0.2) is 29.8 Å². The van der Waals surface area contributed by atoms with E-state index in [2.05, 4.69) is 0 Å². The fourth-order valence-corrected chi connectivity index (χ4v) is 2.17. The molecular weight excluding hydrogens is 204 g/mol. The van der Waals surface area contributed by atoms with Crippen LogP contribution >= 0.6 is 0 Å². The van der Waals surface area contributed by atoms with E-state index in [-0.39, 0.29) is 0 Å². The Morgan fingerprint density at radius 2 is 1.81 bits per heavy atom. The summed E-state index contributed by atoms with van der Waals surface area (Å²) in [5.41, 5.74) is 3.98. The van der Waals surface area contributed by atoms with E-state index in [9.17, 15) is 5.11 Å². The number of hydrogen-bond donors (Lipinski definition) is 1. The Kier molecular flexibility index (Phi) is 3.39. The first-order chi connectivity index (χ1) is 7.79. The highest BCUT2D eigenvalue weighted by Crippen LogP contribution is 2.40. The first kappa shape index (κ1) is 11.3. The van der Waals surface area contributed by atoms with Crippen molar-refractivity contribution in [2.24, 2.45) is 0 Å². The molecule has 0 bridgehead atoms. The fourth-order valence-electron chi connectivity index (χ4n) is 2.17. The number of methoxy groups -OCH3 is 2. The van der Waals surface area contributed by atoms with Crippen molar-refractivity contribution in [3.8, 4) is 0 Å². The average Bonchev–Trinajstić information content (AvgIpc) is 2.57. The smallest absolute Gasteiger partial charge is 0.104 e. The van der Waals surface area contributed by atoms with Crippen LogP contribution in [-0.2, 0) is 9.47 Å². The Morgan fingerprint density at radius 1 is 1.12 bits per heavy atom. The first-order valence-corrected chi connectivity index (χ1v) is 5.26. The van der Waals surface area contributed by atoms with Crippen LogP contribution in [0.3, 0.4) is 0 Å². The van der Waals surface area contributed by atoms with Crippen molar-refractivity contribution < 1.29 is 14.6 Å². The third-order valence-corrected chi connectivity index (χ3v) is 2.89. The molecule has 3 nitrogen and oxygen atoms in total. The minimum atomic E-state index is -0.554. The van der Waals surface area contributed by atoms with Gasteiger partial charge in [0.05, 0.1) is 13.2 Å². The quantitative estimate of drug-likeness (QED) is 0.840. The predicted octanol–water partition coefficient (Wildman–Crippen LogP) is 1.78. The lowest BCUT2D eigenvalue weighted by Gasteiger charge is -2.09. The van der Waals surface area contributed by atoms with Gasteiger partial charge in [-0.2, -0.15) is 0 Å². The fraction of sp³-hybridized carbons (Fsp3) is 0.385. The molecule has 3 heteroatoms. The molecule has 1 N–H and O–H groups in total. The van der Waals surface area contributed by atoms with Crippen LogP contribution in [0.2, 0.25) is 0 Å². The van der Waals surface area contributed by atoms with Crippen molar-refractivity contribution in [2.75, 3.05) is 27.4 Å². The average molecular weight is 220 g/mol. The molecule has 0 aromatic heterocycles. The number of hydrogen-bond acceptors (Lipinski definition) is 3. The summed E-state index contributed by atoms with van der Waals surface area (Å²) < 4.78 is 10.3. The van der Waals surface area contributed by atoms with E-state index in [0.717, 1.165) is 22.3 Å². The van der Waals surface area contributed by atoms with E-state index in [0.29, 0.717) is 13.2 Å². The molecule has 86 valence electrons. The minimum absolute atomic E-state index is 0.439. The number of ether oxygens (including phenoxy) is 2. The van der Waals surface area contributed by atoms with Crippen molar-refractivity contribution in [1.29, 1.82) is 0 Å². The Bertz CT molecular complexity index is 409. The highest BCUT2D eigenvalue weighted by atomic mass is 16.5. The summed E-state index contributed by atoms with van der Waals surface area (Å²) in [7, 11) is 3.29. The number of aliphatic hydroxyl groups excluding tert-OH is 1. The molecular formula is C13H16O3. The van der Waals surface area contributed by atoms with Crippen LogP contribution in [0.5, 0.6) is 0 Å². The molecule has 1 unspecified atom stereocenters. The molecule has 2 rings (SSSR count). The maximum absolute atomic E-state index is 10.2. The molecule has 0 aliphatic heterocycles. The van der Waals surface area contributed by atoms with Crippen molar-refractivity contribution in [1.82, 2.24) is 0 Å². The van der Waals surface area contributed by atoms with Gasteiger partial charge in [0.15, 0.2) is 0 Å². The van der Waals surface area contributed by atoms with Gasteiger partial charge >= 0.3 is 0 Å². The van der Waals surface area contributed by atoms with E-state index in [1.807, 2.05) is 24.3 Å². The summed E-state index contributed by atoms with van der Waals surface area (Å²) >= 11 is 0. The van der Waals surface area contributed by atoms with E-state index >= 15 is 0 Å². The second-order valence-corrected chi connectivity index (χ2v) is 3.86. The lowest BCUT2D eigenvalue weighted by Crippen LogP contribution is -2.04. The molecule has 0 saturated carbocycles. The second-order valence-electron chi connectivity index (χ2n) is 3.86. The van der Waals surface area contributed by atoms with Crippen LogP contribution < -0.4 is 0 Å². The van der Waals surface area contributed by atoms with E-state index in [4.69, 9.17) is 9.47 Å². The Labute approximate surface area is 95.3 Å². The molecule has 1 aliphatic rings. The summed E-state index contributed by atoms with van der Waals surface area (Å²) in [5, 5.41) is 10.2. The van der Waals surface area contributed by atoms with Gasteiger partial charge < -0.3 is 14.6 Å². The highest BCUT2D eigenvalue weighted by Gasteiger charge is 2.28. The molecule has 16 heavy (non-hydrogen) atoms. The normalized spacial score (nSPS) is 19.1. The number of rotatable bonds is 4. The van der Waals surface area contributed by atoms with E-state index in [1.54, 1.807) is 14.2 Å². The van der Waals surface area contributed by atoms with Gasteiger partial charge in [-0.05, 0) is 22.3 Å². The minimum Gasteiger partial charge on any atom is -0.384 e. The Hall–Kier alpha value is -1.16. The summed E-state index contributed by atoms with van der Waals surface area (Å²) in [6.07, 6.45) is -0.554. The topological polar surface area (TPSA) is 38.7 Å². The van der Waals surface area contributed by atoms with Gasteiger partial charge in [0.1, 0.15) is 6.10 Å².